The topological polar surface area (TPSA) is 48.8 Å². The lowest BCUT2D eigenvalue weighted by Crippen LogP contribution is -1.78. The summed E-state index contributed by atoms with van der Waals surface area (Å²) in [6, 6.07) is 14.2. The van der Waals surface area contributed by atoms with Crippen molar-refractivity contribution in [2.45, 2.75) is 6.42 Å². The van der Waals surface area contributed by atoms with Crippen LogP contribution in [0.5, 0.6) is 0 Å². The zero-order chi connectivity index (χ0) is 11.0. The van der Waals surface area contributed by atoms with E-state index in [-0.39, 0.29) is 0 Å². The van der Waals surface area contributed by atoms with Crippen molar-refractivity contribution in [1.29, 1.82) is 0 Å². The molecule has 0 bridgehead atoms. The Morgan fingerprint density at radius 1 is 1.00 bits per heavy atom. The van der Waals surface area contributed by atoms with Gasteiger partial charge in [0.05, 0.1) is 0 Å². The molecular weight excluding hydrogens is 198 g/mol. The molecule has 0 amide bonds. The van der Waals surface area contributed by atoms with Gasteiger partial charge in [-0.1, -0.05) is 41.5 Å². The van der Waals surface area contributed by atoms with Crippen LogP contribution in [0.25, 0.3) is 21.6 Å². The molecule has 2 aromatic carbocycles. The van der Waals surface area contributed by atoms with Gasteiger partial charge in [-0.25, -0.2) is 0 Å². The number of azide groups is 1. The van der Waals surface area contributed by atoms with Crippen LogP contribution in [0, 0.1) is 0 Å². The Morgan fingerprint density at radius 2 is 1.81 bits per heavy atom. The van der Waals surface area contributed by atoms with Gasteiger partial charge in [0.1, 0.15) is 0 Å². The molecule has 16 heavy (non-hydrogen) atoms. The number of benzene rings is 2. The predicted molar refractivity (Wildman–Crippen MR) is 63.5 cm³/mol. The summed E-state index contributed by atoms with van der Waals surface area (Å²) in [6.07, 6.45) is 0.974. The van der Waals surface area contributed by atoms with Crippen LogP contribution in [0.2, 0.25) is 0 Å². The van der Waals surface area contributed by atoms with E-state index in [0.717, 1.165) is 6.42 Å². The standard InChI is InChI=1S/C13H9N3/c14-16-15-11-6-5-10-7-9-3-1-2-4-12(9)13(10)8-11/h1-6,8H,7H2. The van der Waals surface area contributed by atoms with Crippen LogP contribution in [0.3, 0.4) is 0 Å². The molecule has 0 heterocycles. The Hall–Kier alpha value is -2.25. The van der Waals surface area contributed by atoms with Crippen molar-refractivity contribution in [3.63, 3.8) is 0 Å². The molecule has 0 saturated heterocycles. The molecule has 76 valence electrons. The SMILES string of the molecule is [N-]=[N+]=Nc1ccc2c(c1)-c1ccccc1C2. The minimum Gasteiger partial charge on any atom is -0.0619 e. The molecule has 3 nitrogen and oxygen atoms in total. The maximum absolute atomic E-state index is 8.42. The largest absolute Gasteiger partial charge is 0.0619 e. The van der Waals surface area contributed by atoms with Gasteiger partial charge in [0.25, 0.3) is 0 Å². The van der Waals surface area contributed by atoms with Crippen LogP contribution < -0.4 is 0 Å². The number of fused-ring (bicyclic) bond motifs is 3. The third-order valence-electron chi connectivity index (χ3n) is 2.94. The summed E-state index contributed by atoms with van der Waals surface area (Å²) in [7, 11) is 0. The van der Waals surface area contributed by atoms with Gasteiger partial charge < -0.3 is 0 Å². The maximum Gasteiger partial charge on any atom is 0.0381 e. The summed E-state index contributed by atoms with van der Waals surface area (Å²) in [6.45, 7) is 0. The normalized spacial score (nSPS) is 11.5. The highest BCUT2D eigenvalue weighted by atomic mass is 15.1. The Balaban J connectivity index is 2.22. The Morgan fingerprint density at radius 3 is 2.69 bits per heavy atom. The summed E-state index contributed by atoms with van der Waals surface area (Å²) >= 11 is 0. The van der Waals surface area contributed by atoms with Gasteiger partial charge in [-0.15, -0.1) is 0 Å². The minimum absolute atomic E-state index is 0.679. The van der Waals surface area contributed by atoms with Crippen LogP contribution in [0.4, 0.5) is 5.69 Å². The lowest BCUT2D eigenvalue weighted by atomic mass is 10.1. The van der Waals surface area contributed by atoms with Crippen LogP contribution in [0.1, 0.15) is 11.1 Å². The first kappa shape index (κ1) is 9.01. The zero-order valence-electron chi connectivity index (χ0n) is 8.59. The molecule has 1 aliphatic rings. The van der Waals surface area contributed by atoms with E-state index < -0.39 is 0 Å². The van der Waals surface area contributed by atoms with Crippen molar-refractivity contribution in [2.24, 2.45) is 5.11 Å². The molecule has 0 unspecified atom stereocenters. The van der Waals surface area contributed by atoms with Crippen LogP contribution in [0.15, 0.2) is 47.6 Å². The monoisotopic (exact) mass is 207 g/mol. The summed E-state index contributed by atoms with van der Waals surface area (Å²) in [5.41, 5.74) is 14.2. The molecule has 0 atom stereocenters. The molecule has 1 aliphatic carbocycles. The van der Waals surface area contributed by atoms with Gasteiger partial charge in [0.15, 0.2) is 0 Å². The van der Waals surface area contributed by atoms with Crippen molar-refractivity contribution < 1.29 is 0 Å². The smallest absolute Gasteiger partial charge is 0.0381 e. The van der Waals surface area contributed by atoms with Gasteiger partial charge >= 0.3 is 0 Å². The van der Waals surface area contributed by atoms with Crippen molar-refractivity contribution in [1.82, 2.24) is 0 Å². The van der Waals surface area contributed by atoms with E-state index in [1.165, 1.54) is 22.3 Å². The fourth-order valence-corrected chi connectivity index (χ4v) is 2.23. The minimum atomic E-state index is 0.679. The van der Waals surface area contributed by atoms with Gasteiger partial charge in [-0.3, -0.25) is 0 Å². The third kappa shape index (κ3) is 1.27. The van der Waals surface area contributed by atoms with E-state index in [4.69, 9.17) is 5.53 Å². The molecule has 0 aliphatic heterocycles. The van der Waals surface area contributed by atoms with E-state index in [1.54, 1.807) is 0 Å². The second-order valence-electron chi connectivity index (χ2n) is 3.86. The quantitative estimate of drug-likeness (QED) is 0.326. The predicted octanol–water partition coefficient (Wildman–Crippen LogP) is 4.20. The van der Waals surface area contributed by atoms with Gasteiger partial charge in [0.2, 0.25) is 0 Å². The molecular formula is C13H9N3. The van der Waals surface area contributed by atoms with E-state index >= 15 is 0 Å². The maximum atomic E-state index is 8.42. The molecule has 0 aromatic heterocycles. The van der Waals surface area contributed by atoms with Gasteiger partial charge in [-0.05, 0) is 40.3 Å². The Bertz CT molecular complexity index is 610. The summed E-state index contributed by atoms with van der Waals surface area (Å²) < 4.78 is 0. The second-order valence-corrected chi connectivity index (χ2v) is 3.86. The molecule has 0 saturated carbocycles. The number of nitrogens with zero attached hydrogens (tertiary/aromatic N) is 3. The molecule has 0 fully saturated rings. The zero-order valence-corrected chi connectivity index (χ0v) is 8.59. The van der Waals surface area contributed by atoms with E-state index in [2.05, 4.69) is 28.2 Å². The van der Waals surface area contributed by atoms with E-state index in [0.29, 0.717) is 5.69 Å². The van der Waals surface area contributed by atoms with E-state index in [9.17, 15) is 0 Å². The highest BCUT2D eigenvalue weighted by Gasteiger charge is 2.17. The van der Waals surface area contributed by atoms with Crippen LogP contribution in [-0.2, 0) is 6.42 Å². The fraction of sp³-hybridized carbons (Fsp3) is 0.0769. The first-order valence-electron chi connectivity index (χ1n) is 5.15. The van der Waals surface area contributed by atoms with Gasteiger partial charge in [-0.2, -0.15) is 0 Å². The van der Waals surface area contributed by atoms with Crippen molar-refractivity contribution >= 4 is 5.69 Å². The van der Waals surface area contributed by atoms with Crippen LogP contribution >= 0.6 is 0 Å². The summed E-state index contributed by atoms with van der Waals surface area (Å²) in [5, 5.41) is 3.64. The molecule has 0 spiro atoms. The second kappa shape index (κ2) is 3.40. The summed E-state index contributed by atoms with van der Waals surface area (Å²) in [4.78, 5) is 2.81. The fourth-order valence-electron chi connectivity index (χ4n) is 2.23. The van der Waals surface area contributed by atoms with Crippen molar-refractivity contribution in [3.8, 4) is 11.1 Å². The Labute approximate surface area is 93.0 Å². The summed E-state index contributed by atoms with van der Waals surface area (Å²) in [5.74, 6) is 0. The highest BCUT2D eigenvalue weighted by molar-refractivity contribution is 5.78. The lowest BCUT2D eigenvalue weighted by molar-refractivity contribution is 1.26. The number of hydrogen-bond donors (Lipinski definition) is 0. The van der Waals surface area contributed by atoms with Crippen molar-refractivity contribution in [2.75, 3.05) is 0 Å². The molecule has 2 aromatic rings. The number of rotatable bonds is 1. The third-order valence-corrected chi connectivity index (χ3v) is 2.94. The Kier molecular flexibility index (Phi) is 1.92. The first-order valence-corrected chi connectivity index (χ1v) is 5.15. The highest BCUT2D eigenvalue weighted by Crippen LogP contribution is 2.38. The van der Waals surface area contributed by atoms with Crippen LogP contribution in [-0.4, -0.2) is 0 Å². The molecule has 0 radical (unpaired) electrons. The average Bonchev–Trinajstić information content (AvgIpc) is 2.68. The molecule has 3 heteroatoms. The van der Waals surface area contributed by atoms with E-state index in [1.807, 2.05) is 24.3 Å². The number of hydrogen-bond acceptors (Lipinski definition) is 1. The molecule has 3 rings (SSSR count). The lowest BCUT2D eigenvalue weighted by Gasteiger charge is -2.01. The molecule has 0 N–H and O–H groups in total. The van der Waals surface area contributed by atoms with Gasteiger partial charge in [0, 0.05) is 10.6 Å². The first-order chi connectivity index (χ1) is 7.88. The average molecular weight is 207 g/mol. The van der Waals surface area contributed by atoms with Crippen molar-refractivity contribution in [3.05, 3.63) is 64.0 Å².